The number of hydrogen-bond donors (Lipinski definition) is 0. The van der Waals surface area contributed by atoms with Gasteiger partial charge in [-0.1, -0.05) is 12.1 Å². The molecule has 3 aromatic heterocycles. The van der Waals surface area contributed by atoms with Crippen LogP contribution in [-0.4, -0.2) is 31.8 Å². The largest absolute Gasteiger partial charge is 0.497 e. The third kappa shape index (κ3) is 4.88. The van der Waals surface area contributed by atoms with Gasteiger partial charge in [0, 0.05) is 29.8 Å². The van der Waals surface area contributed by atoms with Gasteiger partial charge in [-0.25, -0.2) is 9.97 Å². The molecule has 0 aliphatic rings. The van der Waals surface area contributed by atoms with E-state index >= 15 is 0 Å². The number of nitrogens with zero attached hydrogens (tertiary/aromatic N) is 5. The van der Waals surface area contributed by atoms with Gasteiger partial charge in [-0.05, 0) is 24.6 Å². The molecule has 7 nitrogen and oxygen atoms in total. The van der Waals surface area contributed by atoms with E-state index in [4.69, 9.17) is 9.47 Å². The molecule has 1 aromatic carbocycles. The van der Waals surface area contributed by atoms with Crippen LogP contribution < -0.4 is 9.47 Å². The Hall–Kier alpha value is -3.47. The second kappa shape index (κ2) is 8.95. The summed E-state index contributed by atoms with van der Waals surface area (Å²) in [6, 6.07) is 8.95. The van der Waals surface area contributed by atoms with Crippen molar-refractivity contribution in [3.8, 4) is 33.7 Å². The first-order valence-electron chi connectivity index (χ1n) is 9.56. The third-order valence-corrected chi connectivity index (χ3v) is 5.33. The van der Waals surface area contributed by atoms with E-state index in [0.29, 0.717) is 17.8 Å². The quantitative estimate of drug-likeness (QED) is 0.382. The van der Waals surface area contributed by atoms with Crippen LogP contribution >= 0.6 is 11.3 Å². The highest BCUT2D eigenvalue weighted by molar-refractivity contribution is 7.13. The van der Waals surface area contributed by atoms with E-state index in [1.54, 1.807) is 30.3 Å². The summed E-state index contributed by atoms with van der Waals surface area (Å²) in [5.41, 5.74) is 1.06. The van der Waals surface area contributed by atoms with Crippen molar-refractivity contribution in [3.05, 3.63) is 59.4 Å². The maximum absolute atomic E-state index is 13.0. The highest BCUT2D eigenvalue weighted by atomic mass is 32.1. The summed E-state index contributed by atoms with van der Waals surface area (Å²) in [5.74, 6) is 0.989. The van der Waals surface area contributed by atoms with E-state index in [1.165, 1.54) is 0 Å². The molecule has 4 rings (SSSR count). The van der Waals surface area contributed by atoms with Crippen LogP contribution in [0.4, 0.5) is 13.2 Å². The summed E-state index contributed by atoms with van der Waals surface area (Å²) in [5, 5.41) is 5.23. The summed E-state index contributed by atoms with van der Waals surface area (Å²) < 4.78 is 51.7. The van der Waals surface area contributed by atoms with Crippen molar-refractivity contribution in [2.45, 2.75) is 26.3 Å². The van der Waals surface area contributed by atoms with Crippen LogP contribution in [-0.2, 0) is 19.3 Å². The van der Waals surface area contributed by atoms with Gasteiger partial charge in [-0.15, -0.1) is 11.3 Å². The molecule has 166 valence electrons. The monoisotopic (exact) mass is 461 g/mol. The Labute approximate surface area is 185 Å². The number of alkyl halides is 3. The number of halogens is 3. The molecule has 0 amide bonds. The number of hydrogen-bond acceptors (Lipinski definition) is 7. The Balaban J connectivity index is 1.67. The SMILES string of the molecule is CCn1cc(-c2cc(OCc3ccc(OC)cc3)nc(-c3nc(C(F)(F)F)cs3)n2)cn1. The summed E-state index contributed by atoms with van der Waals surface area (Å²) in [6.45, 7) is 2.82. The molecule has 0 bridgehead atoms. The standard InChI is InChI=1S/C21H18F3N5O2S/c1-3-29-10-14(9-25-29)16-8-18(31-11-13-4-6-15(30-2)7-5-13)28-19(26-16)20-27-17(12-32-20)21(22,23)24/h4-10,12H,3,11H2,1-2H3. The number of methoxy groups -OCH3 is 1. The molecule has 0 N–H and O–H groups in total. The average molecular weight is 461 g/mol. The number of benzene rings is 1. The molecule has 0 saturated carbocycles. The zero-order chi connectivity index (χ0) is 22.7. The molecule has 0 unspecified atom stereocenters. The molecule has 3 heterocycles. The lowest BCUT2D eigenvalue weighted by Gasteiger charge is -2.09. The van der Waals surface area contributed by atoms with E-state index in [-0.39, 0.29) is 23.3 Å². The number of aromatic nitrogens is 5. The summed E-state index contributed by atoms with van der Waals surface area (Å²) in [4.78, 5) is 12.4. The molecule has 0 spiro atoms. The Kier molecular flexibility index (Phi) is 6.08. The number of aryl methyl sites for hydroxylation is 1. The van der Waals surface area contributed by atoms with E-state index in [2.05, 4.69) is 20.1 Å². The zero-order valence-corrected chi connectivity index (χ0v) is 17.9. The van der Waals surface area contributed by atoms with Crippen LogP contribution in [0, 0.1) is 0 Å². The van der Waals surface area contributed by atoms with Crippen molar-refractivity contribution in [1.29, 1.82) is 0 Å². The fourth-order valence-corrected chi connectivity index (χ4v) is 3.55. The van der Waals surface area contributed by atoms with Crippen molar-refractivity contribution in [1.82, 2.24) is 24.7 Å². The van der Waals surface area contributed by atoms with Crippen molar-refractivity contribution in [2.24, 2.45) is 0 Å². The van der Waals surface area contributed by atoms with Gasteiger partial charge in [0.1, 0.15) is 12.4 Å². The molecular formula is C21H18F3N5O2S. The minimum atomic E-state index is -4.54. The van der Waals surface area contributed by atoms with E-state index in [9.17, 15) is 13.2 Å². The first kappa shape index (κ1) is 21.8. The fourth-order valence-electron chi connectivity index (χ4n) is 2.80. The normalized spacial score (nSPS) is 11.5. The minimum Gasteiger partial charge on any atom is -0.497 e. The van der Waals surface area contributed by atoms with Crippen molar-refractivity contribution in [2.75, 3.05) is 7.11 Å². The highest BCUT2D eigenvalue weighted by Gasteiger charge is 2.34. The van der Waals surface area contributed by atoms with E-state index in [0.717, 1.165) is 28.0 Å². The summed E-state index contributed by atoms with van der Waals surface area (Å²) >= 11 is 0.824. The van der Waals surface area contributed by atoms with Gasteiger partial charge in [0.05, 0.1) is 19.0 Å². The van der Waals surface area contributed by atoms with Gasteiger partial charge in [0.15, 0.2) is 16.5 Å². The van der Waals surface area contributed by atoms with Gasteiger partial charge >= 0.3 is 6.18 Å². The minimum absolute atomic E-state index is 0.0522. The van der Waals surface area contributed by atoms with Crippen LogP contribution in [0.15, 0.2) is 48.1 Å². The summed E-state index contributed by atoms with van der Waals surface area (Å²) in [6.07, 6.45) is -1.11. The Morgan fingerprint density at radius 3 is 2.50 bits per heavy atom. The molecule has 0 aliphatic carbocycles. The number of thiazole rings is 1. The Bertz CT molecular complexity index is 1200. The zero-order valence-electron chi connectivity index (χ0n) is 17.1. The lowest BCUT2D eigenvalue weighted by Crippen LogP contribution is -2.05. The van der Waals surface area contributed by atoms with Crippen molar-refractivity contribution >= 4 is 11.3 Å². The topological polar surface area (TPSA) is 75.0 Å². The molecule has 0 aliphatic heterocycles. The molecule has 0 fully saturated rings. The summed E-state index contributed by atoms with van der Waals surface area (Å²) in [7, 11) is 1.58. The predicted molar refractivity (Wildman–Crippen MR) is 112 cm³/mol. The van der Waals surface area contributed by atoms with Crippen LogP contribution in [0.25, 0.3) is 22.1 Å². The van der Waals surface area contributed by atoms with Crippen molar-refractivity contribution < 1.29 is 22.6 Å². The second-order valence-electron chi connectivity index (χ2n) is 6.67. The van der Waals surface area contributed by atoms with Gasteiger partial charge in [0.25, 0.3) is 0 Å². The predicted octanol–water partition coefficient (Wildman–Crippen LogP) is 5.09. The number of ether oxygens (including phenoxy) is 2. The maximum Gasteiger partial charge on any atom is 0.434 e. The highest BCUT2D eigenvalue weighted by Crippen LogP contribution is 2.34. The maximum atomic E-state index is 13.0. The smallest absolute Gasteiger partial charge is 0.434 e. The second-order valence-corrected chi connectivity index (χ2v) is 7.53. The lowest BCUT2D eigenvalue weighted by atomic mass is 10.2. The molecule has 11 heteroatoms. The average Bonchev–Trinajstić information content (AvgIpc) is 3.48. The molecule has 0 atom stereocenters. The first-order chi connectivity index (χ1) is 15.4. The van der Waals surface area contributed by atoms with Crippen LogP contribution in [0.2, 0.25) is 0 Å². The molecule has 4 aromatic rings. The Morgan fingerprint density at radius 2 is 1.88 bits per heavy atom. The van der Waals surface area contributed by atoms with E-state index < -0.39 is 11.9 Å². The molecule has 0 saturated heterocycles. The third-order valence-electron chi connectivity index (χ3n) is 4.49. The molecular weight excluding hydrogens is 443 g/mol. The van der Waals surface area contributed by atoms with Gasteiger partial charge in [0.2, 0.25) is 5.88 Å². The van der Waals surface area contributed by atoms with Crippen LogP contribution in [0.5, 0.6) is 11.6 Å². The number of rotatable bonds is 7. The molecule has 0 radical (unpaired) electrons. The first-order valence-corrected chi connectivity index (χ1v) is 10.4. The van der Waals surface area contributed by atoms with Gasteiger partial charge in [-0.2, -0.15) is 23.3 Å². The Morgan fingerprint density at radius 1 is 1.09 bits per heavy atom. The van der Waals surface area contributed by atoms with E-state index in [1.807, 2.05) is 31.2 Å². The van der Waals surface area contributed by atoms with Gasteiger partial charge < -0.3 is 9.47 Å². The van der Waals surface area contributed by atoms with Crippen LogP contribution in [0.3, 0.4) is 0 Å². The molecule has 32 heavy (non-hydrogen) atoms. The van der Waals surface area contributed by atoms with Gasteiger partial charge in [-0.3, -0.25) is 4.68 Å². The van der Waals surface area contributed by atoms with Crippen molar-refractivity contribution in [3.63, 3.8) is 0 Å². The lowest BCUT2D eigenvalue weighted by molar-refractivity contribution is -0.140. The van der Waals surface area contributed by atoms with Crippen LogP contribution in [0.1, 0.15) is 18.2 Å². The fraction of sp³-hybridized carbons (Fsp3) is 0.238.